The first kappa shape index (κ1) is 11.5. The van der Waals surface area contributed by atoms with Crippen LogP contribution in [0.5, 0.6) is 5.75 Å². The largest absolute Gasteiger partial charge is 0.434 e. The molecule has 0 saturated heterocycles. The molecule has 1 nitrogen and oxygen atoms in total. The molecule has 0 aliphatic carbocycles. The maximum atomic E-state index is 12.2. The number of rotatable bonds is 3. The van der Waals surface area contributed by atoms with Crippen molar-refractivity contribution in [1.82, 2.24) is 0 Å². The zero-order valence-corrected chi connectivity index (χ0v) is 8.63. The Morgan fingerprint density at radius 3 is 2.60 bits per heavy atom. The first-order valence-corrected chi connectivity index (χ1v) is 4.56. The molecule has 1 atom stereocenters. The molecule has 0 radical (unpaired) electrons. The molecule has 0 heterocycles. The van der Waals surface area contributed by atoms with Gasteiger partial charge < -0.3 is 4.74 Å². The molecular formula is C12H12F2O. The molecule has 0 fully saturated rings. The second kappa shape index (κ2) is 4.79. The van der Waals surface area contributed by atoms with E-state index in [-0.39, 0.29) is 11.7 Å². The number of ether oxygens (including phenoxy) is 1. The molecule has 1 unspecified atom stereocenters. The minimum atomic E-state index is -2.82. The molecule has 1 rings (SSSR count). The summed E-state index contributed by atoms with van der Waals surface area (Å²) in [6.07, 6.45) is 5.26. The highest BCUT2D eigenvalue weighted by Gasteiger charge is 2.15. The first-order chi connectivity index (χ1) is 7.06. The fraction of sp³-hybridized carbons (Fsp3) is 0.333. The molecule has 0 aliphatic heterocycles. The average Bonchev–Trinajstić information content (AvgIpc) is 2.19. The van der Waals surface area contributed by atoms with Crippen LogP contribution in [0.25, 0.3) is 0 Å². The predicted octanol–water partition coefficient (Wildman–Crippen LogP) is 3.33. The first-order valence-electron chi connectivity index (χ1n) is 4.56. The molecule has 15 heavy (non-hydrogen) atoms. The number of hydrogen-bond donors (Lipinski definition) is 0. The van der Waals surface area contributed by atoms with Crippen LogP contribution < -0.4 is 4.74 Å². The fourth-order valence-corrected chi connectivity index (χ4v) is 1.36. The van der Waals surface area contributed by atoms with Crippen LogP contribution in [0.4, 0.5) is 8.78 Å². The summed E-state index contributed by atoms with van der Waals surface area (Å²) < 4.78 is 28.8. The maximum Gasteiger partial charge on any atom is 0.387 e. The third-order valence-electron chi connectivity index (χ3n) is 2.17. The molecule has 0 aliphatic rings. The van der Waals surface area contributed by atoms with Crippen LogP contribution in [0.15, 0.2) is 18.2 Å². The molecule has 0 spiro atoms. The SMILES string of the molecule is C#CC(C)c1cccc(C)c1OC(F)F. The third-order valence-corrected chi connectivity index (χ3v) is 2.17. The summed E-state index contributed by atoms with van der Waals surface area (Å²) in [4.78, 5) is 0. The van der Waals surface area contributed by atoms with Crippen molar-refractivity contribution in [2.75, 3.05) is 0 Å². The molecule has 0 aromatic heterocycles. The Bertz CT molecular complexity index is 380. The van der Waals surface area contributed by atoms with Gasteiger partial charge in [0.1, 0.15) is 5.75 Å². The second-order valence-corrected chi connectivity index (χ2v) is 3.26. The highest BCUT2D eigenvalue weighted by molar-refractivity contribution is 5.44. The van der Waals surface area contributed by atoms with Crippen LogP contribution in [0.3, 0.4) is 0 Å². The maximum absolute atomic E-state index is 12.2. The lowest BCUT2D eigenvalue weighted by molar-refractivity contribution is -0.0509. The number of halogens is 2. The standard InChI is InChI=1S/C12H12F2O/c1-4-8(2)10-7-5-6-9(3)11(10)15-12(13)14/h1,5-8,12H,2-3H3. The molecule has 0 saturated carbocycles. The van der Waals surface area contributed by atoms with E-state index in [1.165, 1.54) is 0 Å². The van der Waals surface area contributed by atoms with Crippen molar-refractivity contribution < 1.29 is 13.5 Å². The summed E-state index contributed by atoms with van der Waals surface area (Å²) in [6.45, 7) is 0.659. The van der Waals surface area contributed by atoms with Crippen LogP contribution in [0.2, 0.25) is 0 Å². The van der Waals surface area contributed by atoms with E-state index in [0.717, 1.165) is 0 Å². The van der Waals surface area contributed by atoms with Gasteiger partial charge in [-0.05, 0) is 19.4 Å². The number of hydrogen-bond acceptors (Lipinski definition) is 1. The van der Waals surface area contributed by atoms with Gasteiger partial charge in [-0.25, -0.2) is 0 Å². The summed E-state index contributed by atoms with van der Waals surface area (Å²) in [5.74, 6) is 2.45. The summed E-state index contributed by atoms with van der Waals surface area (Å²) in [7, 11) is 0. The van der Waals surface area contributed by atoms with Gasteiger partial charge in [0, 0.05) is 11.5 Å². The summed E-state index contributed by atoms with van der Waals surface area (Å²) in [6, 6.07) is 5.19. The van der Waals surface area contributed by atoms with Crippen molar-refractivity contribution in [3.8, 4) is 18.1 Å². The van der Waals surface area contributed by atoms with E-state index >= 15 is 0 Å². The smallest absolute Gasteiger partial charge is 0.387 e. The number of aryl methyl sites for hydroxylation is 1. The van der Waals surface area contributed by atoms with Crippen molar-refractivity contribution in [2.24, 2.45) is 0 Å². The number of benzene rings is 1. The normalized spacial score (nSPS) is 12.3. The molecular weight excluding hydrogens is 198 g/mol. The Morgan fingerprint density at radius 1 is 1.40 bits per heavy atom. The molecule has 0 bridgehead atoms. The van der Waals surface area contributed by atoms with E-state index < -0.39 is 6.61 Å². The predicted molar refractivity (Wildman–Crippen MR) is 55.1 cm³/mol. The van der Waals surface area contributed by atoms with Crippen LogP contribution in [0.1, 0.15) is 24.0 Å². The lowest BCUT2D eigenvalue weighted by Crippen LogP contribution is -2.07. The Balaban J connectivity index is 3.15. The van der Waals surface area contributed by atoms with Crippen molar-refractivity contribution >= 4 is 0 Å². The van der Waals surface area contributed by atoms with Crippen LogP contribution in [0, 0.1) is 19.3 Å². The van der Waals surface area contributed by atoms with Crippen molar-refractivity contribution in [1.29, 1.82) is 0 Å². The van der Waals surface area contributed by atoms with Gasteiger partial charge in [-0.1, -0.05) is 24.1 Å². The Labute approximate surface area is 88.1 Å². The quantitative estimate of drug-likeness (QED) is 0.695. The van der Waals surface area contributed by atoms with E-state index in [2.05, 4.69) is 10.7 Å². The Hall–Kier alpha value is -1.56. The zero-order chi connectivity index (χ0) is 11.4. The minimum absolute atomic E-state index is 0.193. The summed E-state index contributed by atoms with van der Waals surface area (Å²) in [5.41, 5.74) is 1.28. The van der Waals surface area contributed by atoms with E-state index in [1.54, 1.807) is 32.0 Å². The minimum Gasteiger partial charge on any atom is -0.434 e. The van der Waals surface area contributed by atoms with Crippen molar-refractivity contribution in [3.63, 3.8) is 0 Å². The van der Waals surface area contributed by atoms with Gasteiger partial charge in [-0.15, -0.1) is 6.42 Å². The van der Waals surface area contributed by atoms with Crippen LogP contribution in [-0.4, -0.2) is 6.61 Å². The topological polar surface area (TPSA) is 9.23 Å². The summed E-state index contributed by atoms with van der Waals surface area (Å²) >= 11 is 0. The van der Waals surface area contributed by atoms with Gasteiger partial charge in [-0.3, -0.25) is 0 Å². The van der Waals surface area contributed by atoms with Gasteiger partial charge in [0.2, 0.25) is 0 Å². The molecule has 80 valence electrons. The lowest BCUT2D eigenvalue weighted by Gasteiger charge is -2.14. The Morgan fingerprint density at radius 2 is 2.07 bits per heavy atom. The summed E-state index contributed by atoms with van der Waals surface area (Å²) in [5, 5.41) is 0. The highest BCUT2D eigenvalue weighted by atomic mass is 19.3. The highest BCUT2D eigenvalue weighted by Crippen LogP contribution is 2.30. The van der Waals surface area contributed by atoms with Crippen molar-refractivity contribution in [3.05, 3.63) is 29.3 Å². The van der Waals surface area contributed by atoms with Crippen molar-refractivity contribution in [2.45, 2.75) is 26.4 Å². The van der Waals surface area contributed by atoms with Gasteiger partial charge in [0.05, 0.1) is 0 Å². The van der Waals surface area contributed by atoms with Gasteiger partial charge in [-0.2, -0.15) is 8.78 Å². The van der Waals surface area contributed by atoms with Gasteiger partial charge >= 0.3 is 6.61 Å². The lowest BCUT2D eigenvalue weighted by atomic mass is 9.99. The van der Waals surface area contributed by atoms with E-state index in [1.807, 2.05) is 0 Å². The monoisotopic (exact) mass is 210 g/mol. The zero-order valence-electron chi connectivity index (χ0n) is 8.63. The third kappa shape index (κ3) is 2.69. The Kier molecular flexibility index (Phi) is 3.68. The molecule has 0 amide bonds. The van der Waals surface area contributed by atoms with Crippen LogP contribution >= 0.6 is 0 Å². The number of para-hydroxylation sites is 1. The molecule has 1 aromatic carbocycles. The molecule has 3 heteroatoms. The number of alkyl halides is 2. The van der Waals surface area contributed by atoms with E-state index in [4.69, 9.17) is 6.42 Å². The van der Waals surface area contributed by atoms with E-state index in [0.29, 0.717) is 11.1 Å². The molecule has 0 N–H and O–H groups in total. The van der Waals surface area contributed by atoms with E-state index in [9.17, 15) is 8.78 Å². The second-order valence-electron chi connectivity index (χ2n) is 3.26. The van der Waals surface area contributed by atoms with Crippen LogP contribution in [-0.2, 0) is 0 Å². The average molecular weight is 210 g/mol. The fourth-order valence-electron chi connectivity index (χ4n) is 1.36. The van der Waals surface area contributed by atoms with Gasteiger partial charge in [0.25, 0.3) is 0 Å². The molecule has 1 aromatic rings. The van der Waals surface area contributed by atoms with Gasteiger partial charge in [0.15, 0.2) is 0 Å². The number of terminal acetylenes is 1.